The summed E-state index contributed by atoms with van der Waals surface area (Å²) in [6, 6.07) is 0.243. The summed E-state index contributed by atoms with van der Waals surface area (Å²) in [5, 5.41) is 0. The average Bonchev–Trinajstić information content (AvgIpc) is 2.38. The van der Waals surface area contributed by atoms with E-state index >= 15 is 0 Å². The zero-order valence-electron chi connectivity index (χ0n) is 10.1. The predicted octanol–water partition coefficient (Wildman–Crippen LogP) is 0.0776. The number of aromatic nitrogens is 3. The van der Waals surface area contributed by atoms with E-state index in [1.54, 1.807) is 7.11 Å². The molecule has 1 aliphatic rings. The fourth-order valence-corrected chi connectivity index (χ4v) is 1.91. The van der Waals surface area contributed by atoms with Crippen molar-refractivity contribution in [3.05, 3.63) is 0 Å². The fourth-order valence-electron chi connectivity index (χ4n) is 1.91. The molecule has 1 saturated heterocycles. The summed E-state index contributed by atoms with van der Waals surface area (Å²) in [6.45, 7) is 1.66. The van der Waals surface area contributed by atoms with Crippen molar-refractivity contribution in [2.24, 2.45) is 0 Å². The maximum Gasteiger partial charge on any atom is 0.322 e. The molecule has 1 atom stereocenters. The Labute approximate surface area is 100.0 Å². The number of anilines is 2. The SMILES string of the molecule is COc1nc(N)nc(N2CCCC(OC)C2)n1. The van der Waals surface area contributed by atoms with E-state index in [9.17, 15) is 0 Å². The molecule has 1 unspecified atom stereocenters. The van der Waals surface area contributed by atoms with E-state index in [1.165, 1.54) is 7.11 Å². The Hall–Kier alpha value is -1.63. The Morgan fingerprint density at radius 2 is 2.12 bits per heavy atom. The molecule has 0 saturated carbocycles. The van der Waals surface area contributed by atoms with Crippen LogP contribution in [0.3, 0.4) is 0 Å². The maximum absolute atomic E-state index is 5.61. The summed E-state index contributed by atoms with van der Waals surface area (Å²) in [5.41, 5.74) is 5.61. The highest BCUT2D eigenvalue weighted by molar-refractivity contribution is 5.36. The summed E-state index contributed by atoms with van der Waals surface area (Å²) in [5.74, 6) is 0.725. The van der Waals surface area contributed by atoms with Gasteiger partial charge in [0.25, 0.3) is 0 Å². The molecular formula is C10H17N5O2. The van der Waals surface area contributed by atoms with Gasteiger partial charge in [-0.25, -0.2) is 0 Å². The minimum absolute atomic E-state index is 0.173. The van der Waals surface area contributed by atoms with Gasteiger partial charge in [-0.1, -0.05) is 0 Å². The Balaban J connectivity index is 2.18. The van der Waals surface area contributed by atoms with E-state index in [4.69, 9.17) is 15.2 Å². The van der Waals surface area contributed by atoms with Gasteiger partial charge < -0.3 is 20.1 Å². The molecule has 0 spiro atoms. The lowest BCUT2D eigenvalue weighted by Gasteiger charge is -2.31. The first-order valence-corrected chi connectivity index (χ1v) is 5.56. The number of hydrogen-bond donors (Lipinski definition) is 1. The molecule has 1 fully saturated rings. The van der Waals surface area contributed by atoms with E-state index in [1.807, 2.05) is 4.90 Å². The second-order valence-electron chi connectivity index (χ2n) is 3.93. The molecule has 2 N–H and O–H groups in total. The van der Waals surface area contributed by atoms with E-state index in [0.717, 1.165) is 25.9 Å². The highest BCUT2D eigenvalue weighted by Crippen LogP contribution is 2.19. The summed E-state index contributed by atoms with van der Waals surface area (Å²) in [4.78, 5) is 14.2. The Morgan fingerprint density at radius 1 is 1.29 bits per heavy atom. The number of nitrogens with two attached hydrogens (primary N) is 1. The maximum atomic E-state index is 5.61. The normalized spacial score (nSPS) is 20.4. The Kier molecular flexibility index (Phi) is 3.58. The van der Waals surface area contributed by atoms with Crippen LogP contribution in [-0.4, -0.2) is 48.4 Å². The number of nitrogen functional groups attached to an aromatic ring is 1. The van der Waals surface area contributed by atoms with E-state index in [-0.39, 0.29) is 18.1 Å². The second kappa shape index (κ2) is 5.13. The molecule has 1 aliphatic heterocycles. The van der Waals surface area contributed by atoms with E-state index < -0.39 is 0 Å². The van der Waals surface area contributed by atoms with E-state index in [0.29, 0.717) is 5.95 Å². The molecule has 2 heterocycles. The molecule has 94 valence electrons. The number of rotatable bonds is 3. The van der Waals surface area contributed by atoms with Crippen LogP contribution in [0.25, 0.3) is 0 Å². The second-order valence-corrected chi connectivity index (χ2v) is 3.93. The van der Waals surface area contributed by atoms with Crippen LogP contribution in [0, 0.1) is 0 Å². The van der Waals surface area contributed by atoms with Crippen molar-refractivity contribution in [2.45, 2.75) is 18.9 Å². The van der Waals surface area contributed by atoms with Crippen LogP contribution in [0.4, 0.5) is 11.9 Å². The van der Waals surface area contributed by atoms with Crippen LogP contribution in [0.15, 0.2) is 0 Å². The molecule has 1 aromatic rings. The molecule has 1 aromatic heterocycles. The smallest absolute Gasteiger partial charge is 0.322 e. The summed E-state index contributed by atoms with van der Waals surface area (Å²) in [6.07, 6.45) is 2.32. The lowest BCUT2D eigenvalue weighted by molar-refractivity contribution is 0.0888. The van der Waals surface area contributed by atoms with E-state index in [2.05, 4.69) is 15.0 Å². The molecule has 0 radical (unpaired) electrons. The van der Waals surface area contributed by atoms with Gasteiger partial charge in [-0.3, -0.25) is 0 Å². The molecule has 7 heteroatoms. The first kappa shape index (κ1) is 11.8. The highest BCUT2D eigenvalue weighted by Gasteiger charge is 2.22. The van der Waals surface area contributed by atoms with Crippen molar-refractivity contribution in [3.63, 3.8) is 0 Å². The minimum atomic E-state index is 0.173. The van der Waals surface area contributed by atoms with Crippen molar-refractivity contribution < 1.29 is 9.47 Å². The molecule has 2 rings (SSSR count). The first-order chi connectivity index (χ1) is 8.22. The molecular weight excluding hydrogens is 222 g/mol. The van der Waals surface area contributed by atoms with Gasteiger partial charge in [-0.15, -0.1) is 0 Å². The number of nitrogens with zero attached hydrogens (tertiary/aromatic N) is 4. The van der Waals surface area contributed by atoms with Crippen molar-refractivity contribution >= 4 is 11.9 Å². The standard InChI is InChI=1S/C10H17N5O2/c1-16-7-4-3-5-15(6-7)9-12-8(11)13-10(14-9)17-2/h7H,3-6H2,1-2H3,(H2,11,12,13,14). The molecule has 0 bridgehead atoms. The molecule has 0 amide bonds. The van der Waals surface area contributed by atoms with Crippen LogP contribution in [0.2, 0.25) is 0 Å². The highest BCUT2D eigenvalue weighted by atomic mass is 16.5. The van der Waals surface area contributed by atoms with Gasteiger partial charge in [-0.05, 0) is 12.8 Å². The van der Waals surface area contributed by atoms with Gasteiger partial charge in [0.2, 0.25) is 11.9 Å². The van der Waals surface area contributed by atoms with Crippen LogP contribution in [-0.2, 0) is 4.74 Å². The van der Waals surface area contributed by atoms with Crippen LogP contribution < -0.4 is 15.4 Å². The van der Waals surface area contributed by atoms with Gasteiger partial charge in [0.05, 0.1) is 13.2 Å². The number of hydrogen-bond acceptors (Lipinski definition) is 7. The topological polar surface area (TPSA) is 86.4 Å². The van der Waals surface area contributed by atoms with Crippen molar-refractivity contribution in [3.8, 4) is 6.01 Å². The first-order valence-electron chi connectivity index (χ1n) is 5.56. The van der Waals surface area contributed by atoms with Gasteiger partial charge >= 0.3 is 6.01 Å². The van der Waals surface area contributed by atoms with Gasteiger partial charge in [-0.2, -0.15) is 15.0 Å². The summed E-state index contributed by atoms with van der Waals surface area (Å²) < 4.78 is 10.3. The summed E-state index contributed by atoms with van der Waals surface area (Å²) >= 11 is 0. The van der Waals surface area contributed by atoms with Crippen LogP contribution in [0.1, 0.15) is 12.8 Å². The Bertz CT molecular complexity index is 387. The third-order valence-electron chi connectivity index (χ3n) is 2.80. The fraction of sp³-hybridized carbons (Fsp3) is 0.700. The minimum Gasteiger partial charge on any atom is -0.467 e. The Morgan fingerprint density at radius 3 is 2.82 bits per heavy atom. The monoisotopic (exact) mass is 239 g/mol. The molecule has 0 aromatic carbocycles. The van der Waals surface area contributed by atoms with Crippen LogP contribution >= 0.6 is 0 Å². The zero-order valence-corrected chi connectivity index (χ0v) is 10.1. The lowest BCUT2D eigenvalue weighted by atomic mass is 10.1. The van der Waals surface area contributed by atoms with Gasteiger partial charge in [0, 0.05) is 20.2 Å². The quantitative estimate of drug-likeness (QED) is 0.799. The van der Waals surface area contributed by atoms with Gasteiger partial charge in [0.1, 0.15) is 0 Å². The number of piperidine rings is 1. The molecule has 0 aliphatic carbocycles. The van der Waals surface area contributed by atoms with Crippen LogP contribution in [0.5, 0.6) is 6.01 Å². The molecule has 7 nitrogen and oxygen atoms in total. The third kappa shape index (κ3) is 2.73. The average molecular weight is 239 g/mol. The number of methoxy groups -OCH3 is 2. The largest absolute Gasteiger partial charge is 0.467 e. The van der Waals surface area contributed by atoms with Crippen molar-refractivity contribution in [1.29, 1.82) is 0 Å². The lowest BCUT2D eigenvalue weighted by Crippen LogP contribution is -2.40. The summed E-state index contributed by atoms with van der Waals surface area (Å²) in [7, 11) is 3.23. The third-order valence-corrected chi connectivity index (χ3v) is 2.80. The molecule has 17 heavy (non-hydrogen) atoms. The van der Waals surface area contributed by atoms with Crippen molar-refractivity contribution in [1.82, 2.24) is 15.0 Å². The number of ether oxygens (including phenoxy) is 2. The van der Waals surface area contributed by atoms with Crippen molar-refractivity contribution in [2.75, 3.05) is 37.9 Å². The zero-order chi connectivity index (χ0) is 12.3. The van der Waals surface area contributed by atoms with Gasteiger partial charge in [0.15, 0.2) is 0 Å². The predicted molar refractivity (Wildman–Crippen MR) is 63.0 cm³/mol.